The summed E-state index contributed by atoms with van der Waals surface area (Å²) < 4.78 is 16.1. The van der Waals surface area contributed by atoms with Gasteiger partial charge in [-0.25, -0.2) is 0 Å². The lowest BCUT2D eigenvalue weighted by Gasteiger charge is -2.12. The fraction of sp³-hybridized carbons (Fsp3) is 0.238. The molecule has 2 aromatic carbocycles. The van der Waals surface area contributed by atoms with Crippen molar-refractivity contribution in [1.82, 2.24) is 0 Å². The molecule has 2 rings (SSSR count). The number of amides is 1. The molecule has 146 valence electrons. The van der Waals surface area contributed by atoms with Gasteiger partial charge >= 0.3 is 0 Å². The Hall–Kier alpha value is -3.50. The first-order valence-corrected chi connectivity index (χ1v) is 8.67. The Labute approximate surface area is 164 Å². The fourth-order valence-corrected chi connectivity index (χ4v) is 2.57. The monoisotopic (exact) mass is 381 g/mol. The third-order valence-corrected chi connectivity index (χ3v) is 3.89. The normalized spacial score (nSPS) is 10.8. The topological polar surface area (TPSA) is 107 Å². The average Bonchev–Trinajstić information content (AvgIpc) is 2.72. The van der Waals surface area contributed by atoms with Gasteiger partial charge in [-0.3, -0.25) is 4.79 Å². The zero-order valence-corrected chi connectivity index (χ0v) is 16.1. The van der Waals surface area contributed by atoms with Gasteiger partial charge < -0.3 is 25.3 Å². The third kappa shape index (κ3) is 5.02. The molecule has 0 aliphatic carbocycles. The van der Waals surface area contributed by atoms with Crippen LogP contribution in [0, 0.1) is 11.3 Å². The van der Waals surface area contributed by atoms with Crippen molar-refractivity contribution in [2.45, 2.75) is 6.92 Å². The molecule has 7 nitrogen and oxygen atoms in total. The maximum atomic E-state index is 11.6. The second kappa shape index (κ2) is 10.00. The molecule has 0 radical (unpaired) electrons. The van der Waals surface area contributed by atoms with Crippen LogP contribution in [-0.4, -0.2) is 33.3 Å². The molecule has 0 aromatic heterocycles. The Balaban J connectivity index is 2.44. The summed E-state index contributed by atoms with van der Waals surface area (Å²) in [4.78, 5) is 11.6. The summed E-state index contributed by atoms with van der Waals surface area (Å²) in [6.45, 7) is 2.22. The van der Waals surface area contributed by atoms with Crippen molar-refractivity contribution in [1.29, 1.82) is 5.26 Å². The molecule has 0 saturated heterocycles. The van der Waals surface area contributed by atoms with Gasteiger partial charge in [-0.05, 0) is 54.5 Å². The van der Waals surface area contributed by atoms with Crippen LogP contribution in [-0.2, 0) is 4.79 Å². The molecule has 0 bridgehead atoms. The van der Waals surface area contributed by atoms with Gasteiger partial charge in [-0.1, -0.05) is 6.07 Å². The molecule has 0 unspecified atom stereocenters. The molecule has 0 spiro atoms. The number of allylic oxidation sites excluding steroid dienone is 1. The second-order valence-electron chi connectivity index (χ2n) is 5.68. The van der Waals surface area contributed by atoms with Gasteiger partial charge in [0.2, 0.25) is 5.91 Å². The van der Waals surface area contributed by atoms with Gasteiger partial charge in [0, 0.05) is 0 Å². The Morgan fingerprint density at radius 1 is 1.14 bits per heavy atom. The molecule has 7 heteroatoms. The van der Waals surface area contributed by atoms with Crippen LogP contribution in [0.5, 0.6) is 17.2 Å². The number of nitrogens with zero attached hydrogens (tertiary/aromatic N) is 1. The average molecular weight is 381 g/mol. The number of nitrogens with one attached hydrogen (secondary N) is 1. The van der Waals surface area contributed by atoms with Crippen molar-refractivity contribution < 1.29 is 19.0 Å². The largest absolute Gasteiger partial charge is 0.495 e. The summed E-state index contributed by atoms with van der Waals surface area (Å²) in [5.41, 5.74) is 7.69. The number of hydrogen-bond donors (Lipinski definition) is 2. The first kappa shape index (κ1) is 20.8. The quantitative estimate of drug-likeness (QED) is 0.538. The smallest absolute Gasteiger partial charge is 0.238 e. The molecule has 0 saturated carbocycles. The zero-order valence-electron chi connectivity index (χ0n) is 16.1. The van der Waals surface area contributed by atoms with Crippen LogP contribution in [0.2, 0.25) is 0 Å². The minimum atomic E-state index is -0.337. The molecule has 0 aliphatic rings. The van der Waals surface area contributed by atoms with Crippen LogP contribution in [0.25, 0.3) is 11.6 Å². The number of hydrogen-bond acceptors (Lipinski definition) is 6. The van der Waals surface area contributed by atoms with Crippen molar-refractivity contribution in [3.05, 3.63) is 47.5 Å². The van der Waals surface area contributed by atoms with Crippen LogP contribution >= 0.6 is 0 Å². The highest BCUT2D eigenvalue weighted by Gasteiger charge is 2.11. The standard InChI is InChI=1S/C21H23N3O4/c1-4-28-20-11-15(6-8-19(20)27-3)16(12-22)9-14-5-7-18(26-2)17(10-14)24-21(25)13-23/h5-11H,4,13,23H2,1-3H3,(H,24,25)/b16-9+. The Bertz CT molecular complexity index is 916. The van der Waals surface area contributed by atoms with E-state index in [9.17, 15) is 10.1 Å². The van der Waals surface area contributed by atoms with Crippen molar-refractivity contribution in [3.8, 4) is 23.3 Å². The van der Waals surface area contributed by atoms with Crippen molar-refractivity contribution >= 4 is 23.2 Å². The molecule has 0 atom stereocenters. The highest BCUT2D eigenvalue weighted by atomic mass is 16.5. The predicted molar refractivity (Wildman–Crippen MR) is 108 cm³/mol. The molecular formula is C21H23N3O4. The Kier molecular flexibility index (Phi) is 7.43. The van der Waals surface area contributed by atoms with Gasteiger partial charge in [0.1, 0.15) is 5.75 Å². The molecular weight excluding hydrogens is 358 g/mol. The van der Waals surface area contributed by atoms with Crippen LogP contribution in [0.15, 0.2) is 36.4 Å². The number of methoxy groups -OCH3 is 2. The van der Waals surface area contributed by atoms with Crippen LogP contribution < -0.4 is 25.3 Å². The lowest BCUT2D eigenvalue weighted by molar-refractivity contribution is -0.114. The number of anilines is 1. The van der Waals surface area contributed by atoms with E-state index < -0.39 is 0 Å². The van der Waals surface area contributed by atoms with E-state index in [0.717, 1.165) is 5.56 Å². The number of benzene rings is 2. The first-order chi connectivity index (χ1) is 13.6. The van der Waals surface area contributed by atoms with E-state index in [1.165, 1.54) is 7.11 Å². The van der Waals surface area contributed by atoms with E-state index in [-0.39, 0.29) is 12.5 Å². The summed E-state index contributed by atoms with van der Waals surface area (Å²) in [5, 5.41) is 12.3. The van der Waals surface area contributed by atoms with Gasteiger partial charge in [0.05, 0.1) is 44.7 Å². The number of carbonyl (C=O) groups excluding carboxylic acids is 1. The second-order valence-corrected chi connectivity index (χ2v) is 5.68. The van der Waals surface area contributed by atoms with Crippen LogP contribution in [0.3, 0.4) is 0 Å². The summed E-state index contributed by atoms with van der Waals surface area (Å²) in [5.74, 6) is 1.32. The maximum Gasteiger partial charge on any atom is 0.238 e. The molecule has 1 amide bonds. The number of nitriles is 1. The SMILES string of the molecule is CCOc1cc(/C(C#N)=C/c2ccc(OC)c(NC(=O)CN)c2)ccc1OC. The van der Waals surface area contributed by atoms with Gasteiger partial charge in [-0.2, -0.15) is 5.26 Å². The number of rotatable bonds is 8. The van der Waals surface area contributed by atoms with E-state index in [4.69, 9.17) is 19.9 Å². The third-order valence-electron chi connectivity index (χ3n) is 3.89. The summed E-state index contributed by atoms with van der Waals surface area (Å²) in [6, 6.07) is 12.7. The summed E-state index contributed by atoms with van der Waals surface area (Å²) in [6.07, 6.45) is 1.72. The van der Waals surface area contributed by atoms with Gasteiger partial charge in [0.15, 0.2) is 11.5 Å². The van der Waals surface area contributed by atoms with Crippen molar-refractivity contribution in [3.63, 3.8) is 0 Å². The molecule has 28 heavy (non-hydrogen) atoms. The Morgan fingerprint density at radius 3 is 2.46 bits per heavy atom. The van der Waals surface area contributed by atoms with Crippen LogP contribution in [0.1, 0.15) is 18.1 Å². The molecule has 2 aromatic rings. The molecule has 3 N–H and O–H groups in total. The molecule has 0 aliphatic heterocycles. The highest BCUT2D eigenvalue weighted by molar-refractivity contribution is 5.95. The van der Waals surface area contributed by atoms with Crippen molar-refractivity contribution in [2.75, 3.05) is 32.7 Å². The van der Waals surface area contributed by atoms with Crippen LogP contribution in [0.4, 0.5) is 5.69 Å². The number of nitrogens with two attached hydrogens (primary N) is 1. The zero-order chi connectivity index (χ0) is 20.5. The highest BCUT2D eigenvalue weighted by Crippen LogP contribution is 2.32. The van der Waals surface area contributed by atoms with Gasteiger partial charge in [-0.15, -0.1) is 0 Å². The lowest BCUT2D eigenvalue weighted by atomic mass is 10.0. The first-order valence-electron chi connectivity index (χ1n) is 8.67. The number of carbonyl (C=O) groups is 1. The summed E-state index contributed by atoms with van der Waals surface area (Å²) >= 11 is 0. The Morgan fingerprint density at radius 2 is 1.86 bits per heavy atom. The van der Waals surface area contributed by atoms with E-state index in [0.29, 0.717) is 40.7 Å². The van der Waals surface area contributed by atoms with Gasteiger partial charge in [0.25, 0.3) is 0 Å². The maximum absolute atomic E-state index is 11.6. The number of ether oxygens (including phenoxy) is 3. The summed E-state index contributed by atoms with van der Waals surface area (Å²) in [7, 11) is 3.07. The van der Waals surface area contributed by atoms with E-state index in [1.54, 1.807) is 49.6 Å². The minimum Gasteiger partial charge on any atom is -0.495 e. The minimum absolute atomic E-state index is 0.140. The van der Waals surface area contributed by atoms with E-state index in [1.807, 2.05) is 6.92 Å². The van der Waals surface area contributed by atoms with Crippen molar-refractivity contribution in [2.24, 2.45) is 5.73 Å². The molecule has 0 fully saturated rings. The van der Waals surface area contributed by atoms with E-state index in [2.05, 4.69) is 11.4 Å². The predicted octanol–water partition coefficient (Wildman–Crippen LogP) is 3.06. The van der Waals surface area contributed by atoms with E-state index >= 15 is 0 Å². The fourth-order valence-electron chi connectivity index (χ4n) is 2.57. The molecule has 0 heterocycles. The lowest BCUT2D eigenvalue weighted by Crippen LogP contribution is -2.22.